The highest BCUT2D eigenvalue weighted by Crippen LogP contribution is 2.36. The first-order valence-electron chi connectivity index (χ1n) is 9.14. The maximum Gasteiger partial charge on any atom is 0.248 e. The quantitative estimate of drug-likeness (QED) is 0.606. The molecule has 0 atom stereocenters. The van der Waals surface area contributed by atoms with Gasteiger partial charge in [-0.1, -0.05) is 43.6 Å². The molecule has 0 heterocycles. The summed E-state index contributed by atoms with van der Waals surface area (Å²) in [6, 6.07) is 9.64. The van der Waals surface area contributed by atoms with Gasteiger partial charge in [0, 0.05) is 11.8 Å². The van der Waals surface area contributed by atoms with Crippen LogP contribution in [-0.4, -0.2) is 19.6 Å². The van der Waals surface area contributed by atoms with Crippen LogP contribution in [0.15, 0.2) is 36.4 Å². The van der Waals surface area contributed by atoms with Crippen molar-refractivity contribution in [3.63, 3.8) is 0 Å². The number of hydrogen-bond acceptors (Lipinski definition) is 3. The maximum absolute atomic E-state index is 12.5. The molecule has 0 bridgehead atoms. The van der Waals surface area contributed by atoms with Gasteiger partial charge >= 0.3 is 0 Å². The summed E-state index contributed by atoms with van der Waals surface area (Å²) in [4.78, 5) is 12.5. The number of nitrogens with one attached hydrogen (secondary N) is 1. The zero-order chi connectivity index (χ0) is 19.8. The van der Waals surface area contributed by atoms with Gasteiger partial charge in [0.1, 0.15) is 0 Å². The van der Waals surface area contributed by atoms with Gasteiger partial charge in [0.15, 0.2) is 11.5 Å². The van der Waals surface area contributed by atoms with Crippen LogP contribution in [0.25, 0.3) is 6.08 Å². The topological polar surface area (TPSA) is 47.6 Å². The van der Waals surface area contributed by atoms with E-state index in [0.29, 0.717) is 23.1 Å². The molecule has 0 aliphatic heterocycles. The predicted octanol–water partition coefficient (Wildman–Crippen LogP) is 5.52. The minimum Gasteiger partial charge on any atom is -0.491 e. The molecule has 2 aromatic rings. The molecular formula is C22H26ClNO3. The second-order valence-corrected chi connectivity index (χ2v) is 6.36. The van der Waals surface area contributed by atoms with Crippen molar-refractivity contribution in [1.29, 1.82) is 0 Å². The first-order chi connectivity index (χ1) is 13.0. The van der Waals surface area contributed by atoms with Crippen molar-refractivity contribution >= 4 is 29.3 Å². The Morgan fingerprint density at radius 1 is 1.15 bits per heavy atom. The van der Waals surface area contributed by atoms with E-state index in [1.165, 1.54) is 6.08 Å². The van der Waals surface area contributed by atoms with Crippen molar-refractivity contribution in [3.8, 4) is 11.5 Å². The van der Waals surface area contributed by atoms with Crippen LogP contribution in [0.3, 0.4) is 0 Å². The lowest BCUT2D eigenvalue weighted by molar-refractivity contribution is -0.111. The summed E-state index contributed by atoms with van der Waals surface area (Å²) in [6.07, 6.45) is 4.93. The molecule has 5 heteroatoms. The molecule has 4 nitrogen and oxygen atoms in total. The third-order valence-corrected chi connectivity index (χ3v) is 4.49. The molecule has 1 amide bonds. The first kappa shape index (κ1) is 20.8. The number of para-hydroxylation sites is 1. The van der Waals surface area contributed by atoms with Crippen LogP contribution in [0.2, 0.25) is 5.02 Å². The number of hydrogen-bond donors (Lipinski definition) is 1. The minimum absolute atomic E-state index is 0.185. The van der Waals surface area contributed by atoms with E-state index < -0.39 is 0 Å². The second-order valence-electron chi connectivity index (χ2n) is 5.95. The summed E-state index contributed by atoms with van der Waals surface area (Å²) < 4.78 is 10.8. The number of methoxy groups -OCH3 is 1. The van der Waals surface area contributed by atoms with E-state index in [0.717, 1.165) is 35.2 Å². The molecule has 0 saturated carbocycles. The highest BCUT2D eigenvalue weighted by Gasteiger charge is 2.11. The van der Waals surface area contributed by atoms with Crippen molar-refractivity contribution < 1.29 is 14.3 Å². The Morgan fingerprint density at radius 2 is 1.81 bits per heavy atom. The van der Waals surface area contributed by atoms with Crippen molar-refractivity contribution in [2.24, 2.45) is 0 Å². The van der Waals surface area contributed by atoms with E-state index in [9.17, 15) is 4.79 Å². The maximum atomic E-state index is 12.5. The van der Waals surface area contributed by atoms with Crippen molar-refractivity contribution in [2.45, 2.75) is 33.6 Å². The zero-order valence-electron chi connectivity index (χ0n) is 16.3. The lowest BCUT2D eigenvalue weighted by Crippen LogP contribution is -2.11. The molecule has 144 valence electrons. The molecule has 0 fully saturated rings. The molecule has 0 aromatic heterocycles. The Morgan fingerprint density at radius 3 is 2.37 bits per heavy atom. The lowest BCUT2D eigenvalue weighted by Gasteiger charge is -2.13. The molecule has 2 aromatic carbocycles. The van der Waals surface area contributed by atoms with Crippen molar-refractivity contribution in [1.82, 2.24) is 0 Å². The molecule has 0 aliphatic rings. The first-order valence-corrected chi connectivity index (χ1v) is 9.51. The molecule has 0 unspecified atom stereocenters. The molecule has 1 N–H and O–H groups in total. The molecule has 0 spiro atoms. The fourth-order valence-electron chi connectivity index (χ4n) is 2.89. The van der Waals surface area contributed by atoms with Gasteiger partial charge in [-0.05, 0) is 54.7 Å². The van der Waals surface area contributed by atoms with Crippen LogP contribution in [-0.2, 0) is 17.6 Å². The minimum atomic E-state index is -0.185. The molecule has 2 rings (SSSR count). The van der Waals surface area contributed by atoms with Gasteiger partial charge in [0.2, 0.25) is 5.91 Å². The Labute approximate surface area is 166 Å². The van der Waals surface area contributed by atoms with E-state index >= 15 is 0 Å². The summed E-state index contributed by atoms with van der Waals surface area (Å²) in [5.41, 5.74) is 3.92. The smallest absolute Gasteiger partial charge is 0.248 e. The summed E-state index contributed by atoms with van der Waals surface area (Å²) in [5.74, 6) is 0.859. The highest BCUT2D eigenvalue weighted by atomic mass is 35.5. The monoisotopic (exact) mass is 387 g/mol. The average Bonchev–Trinajstić information content (AvgIpc) is 2.66. The van der Waals surface area contributed by atoms with Crippen molar-refractivity contribution in [3.05, 3.63) is 58.1 Å². The number of halogens is 1. The number of rotatable bonds is 8. The van der Waals surface area contributed by atoms with Gasteiger partial charge in [-0.3, -0.25) is 4.79 Å². The summed E-state index contributed by atoms with van der Waals surface area (Å²) in [6.45, 7) is 6.54. The van der Waals surface area contributed by atoms with Gasteiger partial charge in [0.05, 0.1) is 18.7 Å². The average molecular weight is 388 g/mol. The lowest BCUT2D eigenvalue weighted by atomic mass is 10.0. The summed E-state index contributed by atoms with van der Waals surface area (Å²) >= 11 is 6.26. The van der Waals surface area contributed by atoms with Crippen LogP contribution >= 0.6 is 11.6 Å². The Balaban J connectivity index is 2.23. The molecule has 27 heavy (non-hydrogen) atoms. The Kier molecular flexibility index (Phi) is 7.74. The number of aryl methyl sites for hydroxylation is 2. The van der Waals surface area contributed by atoms with E-state index in [1.54, 1.807) is 25.3 Å². The number of carbonyl (C=O) groups excluding carboxylic acids is 1. The van der Waals surface area contributed by atoms with Crippen LogP contribution in [0.5, 0.6) is 11.5 Å². The number of anilines is 1. The van der Waals surface area contributed by atoms with E-state index in [-0.39, 0.29) is 5.91 Å². The predicted molar refractivity (Wildman–Crippen MR) is 112 cm³/mol. The van der Waals surface area contributed by atoms with E-state index in [1.807, 2.05) is 25.1 Å². The molecular weight excluding hydrogens is 362 g/mol. The van der Waals surface area contributed by atoms with Gasteiger partial charge in [-0.2, -0.15) is 0 Å². The normalized spacial score (nSPS) is 10.9. The fourth-order valence-corrected chi connectivity index (χ4v) is 3.18. The van der Waals surface area contributed by atoms with Gasteiger partial charge in [-0.25, -0.2) is 0 Å². The number of amides is 1. The van der Waals surface area contributed by atoms with Crippen LogP contribution < -0.4 is 14.8 Å². The van der Waals surface area contributed by atoms with Crippen molar-refractivity contribution in [2.75, 3.05) is 19.0 Å². The fraction of sp³-hybridized carbons (Fsp3) is 0.318. The third-order valence-electron chi connectivity index (χ3n) is 4.21. The summed E-state index contributed by atoms with van der Waals surface area (Å²) in [7, 11) is 1.54. The van der Waals surface area contributed by atoms with E-state index in [4.69, 9.17) is 21.1 Å². The zero-order valence-corrected chi connectivity index (χ0v) is 17.0. The van der Waals surface area contributed by atoms with Crippen LogP contribution in [0.1, 0.15) is 37.5 Å². The van der Waals surface area contributed by atoms with E-state index in [2.05, 4.69) is 19.2 Å². The van der Waals surface area contributed by atoms with Gasteiger partial charge in [0.25, 0.3) is 0 Å². The van der Waals surface area contributed by atoms with Crippen LogP contribution in [0.4, 0.5) is 5.69 Å². The third kappa shape index (κ3) is 5.27. The second kappa shape index (κ2) is 10.0. The molecule has 0 radical (unpaired) electrons. The van der Waals surface area contributed by atoms with Gasteiger partial charge < -0.3 is 14.8 Å². The number of ether oxygens (including phenoxy) is 2. The standard InChI is InChI=1S/C22H26ClNO3/c1-5-16-9-8-10-17(6-2)21(16)24-20(25)12-11-15-13-18(23)22(26-4)19(14-15)27-7-3/h8-14H,5-7H2,1-4H3,(H,24,25)/b12-11+. The summed E-state index contributed by atoms with van der Waals surface area (Å²) in [5, 5.41) is 3.45. The number of benzene rings is 2. The Hall–Kier alpha value is -2.46. The highest BCUT2D eigenvalue weighted by molar-refractivity contribution is 6.32. The van der Waals surface area contributed by atoms with Crippen LogP contribution in [0, 0.1) is 0 Å². The van der Waals surface area contributed by atoms with Gasteiger partial charge in [-0.15, -0.1) is 0 Å². The SMILES string of the molecule is CCOc1cc(/C=C/C(=O)Nc2c(CC)cccc2CC)cc(Cl)c1OC. The Bertz CT molecular complexity index is 808. The largest absolute Gasteiger partial charge is 0.491 e. The molecule has 0 saturated heterocycles. The number of carbonyl (C=O) groups is 1. The molecule has 0 aliphatic carbocycles.